The van der Waals surface area contributed by atoms with Crippen LogP contribution in [0.4, 0.5) is 0 Å². The van der Waals surface area contributed by atoms with Crippen molar-refractivity contribution in [2.75, 3.05) is 0 Å². The van der Waals surface area contributed by atoms with Crippen molar-refractivity contribution in [1.82, 2.24) is 0 Å². The van der Waals surface area contributed by atoms with Crippen LogP contribution in [0.25, 0.3) is 0 Å². The fourth-order valence-electron chi connectivity index (χ4n) is 1.85. The Hall–Kier alpha value is -0.860. The Labute approximate surface area is 91.9 Å². The highest BCUT2D eigenvalue weighted by Crippen LogP contribution is 2.35. The van der Waals surface area contributed by atoms with E-state index in [0.717, 1.165) is 25.5 Å². The maximum atomic E-state index is 11.0. The molecule has 0 rings (SSSR count). The zero-order valence-corrected chi connectivity index (χ0v) is 10.1. The largest absolute Gasteiger partial charge is 0.550 e. The van der Waals surface area contributed by atoms with Crippen molar-refractivity contribution < 1.29 is 14.7 Å². The quantitative estimate of drug-likeness (QED) is 0.603. The average Bonchev–Trinajstić information content (AvgIpc) is 2.14. The third-order valence-electron chi connectivity index (χ3n) is 2.78. The fraction of sp³-hybridized carbons (Fsp3) is 0.833. The lowest BCUT2D eigenvalue weighted by molar-refractivity contribution is -0.318. The van der Waals surface area contributed by atoms with Crippen molar-refractivity contribution >= 4 is 12.3 Å². The molecule has 0 heterocycles. The van der Waals surface area contributed by atoms with E-state index >= 15 is 0 Å². The van der Waals surface area contributed by atoms with Gasteiger partial charge in [-0.2, -0.15) is 0 Å². The molecule has 3 nitrogen and oxygen atoms in total. The third kappa shape index (κ3) is 4.45. The van der Waals surface area contributed by atoms with Gasteiger partial charge in [-0.05, 0) is 12.8 Å². The molecule has 0 aliphatic rings. The first-order valence-corrected chi connectivity index (χ1v) is 5.45. The summed E-state index contributed by atoms with van der Waals surface area (Å²) in [5, 5.41) is 10.9. The summed E-state index contributed by atoms with van der Waals surface area (Å²) in [6, 6.07) is 0. The summed E-state index contributed by atoms with van der Waals surface area (Å²) in [6.07, 6.45) is 3.91. The molecular formula is C12H21O3-. The van der Waals surface area contributed by atoms with Crippen LogP contribution >= 0.6 is 0 Å². The van der Waals surface area contributed by atoms with Gasteiger partial charge in [-0.25, -0.2) is 0 Å². The number of unbranched alkanes of at least 4 members (excludes halogenated alkanes) is 1. The average molecular weight is 213 g/mol. The van der Waals surface area contributed by atoms with E-state index in [1.165, 1.54) is 0 Å². The first-order valence-electron chi connectivity index (χ1n) is 5.45. The Kier molecular flexibility index (Phi) is 4.98. The van der Waals surface area contributed by atoms with E-state index in [4.69, 9.17) is 0 Å². The Morgan fingerprint density at radius 3 is 2.20 bits per heavy atom. The van der Waals surface area contributed by atoms with Crippen molar-refractivity contribution in [3.8, 4) is 0 Å². The predicted octanol–water partition coefficient (Wildman–Crippen LogP) is 1.55. The molecule has 0 aromatic heterocycles. The van der Waals surface area contributed by atoms with Crippen molar-refractivity contribution in [2.24, 2.45) is 10.8 Å². The number of carboxylic acid groups (broad SMARTS) is 1. The number of hydrogen-bond donors (Lipinski definition) is 0. The summed E-state index contributed by atoms with van der Waals surface area (Å²) in [5.41, 5.74) is -1.48. The second kappa shape index (κ2) is 5.29. The van der Waals surface area contributed by atoms with Crippen LogP contribution in [0, 0.1) is 10.8 Å². The van der Waals surface area contributed by atoms with E-state index in [0.29, 0.717) is 6.42 Å². The van der Waals surface area contributed by atoms with Gasteiger partial charge in [-0.3, -0.25) is 0 Å². The molecule has 0 amide bonds. The summed E-state index contributed by atoms with van der Waals surface area (Å²) < 4.78 is 0. The number of rotatable bonds is 7. The van der Waals surface area contributed by atoms with Crippen LogP contribution in [-0.2, 0) is 9.59 Å². The molecule has 15 heavy (non-hydrogen) atoms. The minimum absolute atomic E-state index is 0.339. The Morgan fingerprint density at radius 2 is 1.87 bits per heavy atom. The smallest absolute Gasteiger partial charge is 0.125 e. The lowest BCUT2D eigenvalue weighted by atomic mass is 9.72. The second-order valence-electron chi connectivity index (χ2n) is 5.22. The van der Waals surface area contributed by atoms with Gasteiger partial charge in [0.15, 0.2) is 0 Å². The number of carbonyl (C=O) groups is 2. The standard InChI is InChI=1S/C12H22O3/c1-5-6-7-12(4,9-13)8-11(2,3)10(14)15/h9H,5-8H2,1-4H3,(H,14,15)/p-1. The van der Waals surface area contributed by atoms with E-state index in [1.807, 2.05) is 6.92 Å². The monoisotopic (exact) mass is 213 g/mol. The van der Waals surface area contributed by atoms with Crippen LogP contribution in [0.15, 0.2) is 0 Å². The van der Waals surface area contributed by atoms with Gasteiger partial charge < -0.3 is 14.7 Å². The van der Waals surface area contributed by atoms with Gasteiger partial charge in [0.1, 0.15) is 6.29 Å². The molecule has 88 valence electrons. The molecule has 0 bridgehead atoms. The molecule has 0 aromatic carbocycles. The molecule has 0 radical (unpaired) electrons. The van der Waals surface area contributed by atoms with E-state index in [1.54, 1.807) is 13.8 Å². The summed E-state index contributed by atoms with van der Waals surface area (Å²) in [4.78, 5) is 21.9. The number of carboxylic acids is 1. The molecule has 0 N–H and O–H groups in total. The van der Waals surface area contributed by atoms with E-state index in [-0.39, 0.29) is 0 Å². The normalized spacial score (nSPS) is 15.7. The zero-order valence-electron chi connectivity index (χ0n) is 10.1. The van der Waals surface area contributed by atoms with Crippen molar-refractivity contribution in [3.05, 3.63) is 0 Å². The highest BCUT2D eigenvalue weighted by atomic mass is 16.4. The Morgan fingerprint density at radius 1 is 1.33 bits per heavy atom. The van der Waals surface area contributed by atoms with Crippen LogP contribution in [0.1, 0.15) is 53.4 Å². The van der Waals surface area contributed by atoms with Crippen LogP contribution in [0.3, 0.4) is 0 Å². The number of aliphatic carboxylic acids is 1. The predicted molar refractivity (Wildman–Crippen MR) is 57.1 cm³/mol. The molecule has 0 saturated heterocycles. The first-order chi connectivity index (χ1) is 6.77. The topological polar surface area (TPSA) is 57.2 Å². The minimum Gasteiger partial charge on any atom is -0.550 e. The van der Waals surface area contributed by atoms with E-state index in [9.17, 15) is 14.7 Å². The van der Waals surface area contributed by atoms with Gasteiger partial charge in [-0.1, -0.05) is 40.5 Å². The van der Waals surface area contributed by atoms with Gasteiger partial charge in [0.2, 0.25) is 0 Å². The molecule has 3 heteroatoms. The van der Waals surface area contributed by atoms with Crippen molar-refractivity contribution in [2.45, 2.75) is 53.4 Å². The number of hydrogen-bond acceptors (Lipinski definition) is 3. The van der Waals surface area contributed by atoms with E-state index < -0.39 is 16.8 Å². The Bertz CT molecular complexity index is 233. The molecule has 0 aliphatic heterocycles. The third-order valence-corrected chi connectivity index (χ3v) is 2.78. The minimum atomic E-state index is -1.09. The lowest BCUT2D eigenvalue weighted by Gasteiger charge is -2.34. The van der Waals surface area contributed by atoms with Gasteiger partial charge in [0.25, 0.3) is 0 Å². The van der Waals surface area contributed by atoms with Crippen LogP contribution < -0.4 is 5.11 Å². The highest BCUT2D eigenvalue weighted by molar-refractivity contribution is 5.72. The molecule has 0 aromatic rings. The lowest BCUT2D eigenvalue weighted by Crippen LogP contribution is -2.41. The van der Waals surface area contributed by atoms with Crippen LogP contribution in [0.5, 0.6) is 0 Å². The highest BCUT2D eigenvalue weighted by Gasteiger charge is 2.32. The van der Waals surface area contributed by atoms with Gasteiger partial charge in [0, 0.05) is 16.8 Å². The molecule has 1 atom stereocenters. The van der Waals surface area contributed by atoms with Gasteiger partial charge in [0.05, 0.1) is 0 Å². The SMILES string of the molecule is CCCCC(C)(C=O)CC(C)(C)C(=O)[O-]. The van der Waals surface area contributed by atoms with Crippen LogP contribution in [0.2, 0.25) is 0 Å². The first kappa shape index (κ1) is 14.1. The molecule has 0 aliphatic carbocycles. The number of aldehydes is 1. The fourth-order valence-corrected chi connectivity index (χ4v) is 1.85. The summed E-state index contributed by atoms with van der Waals surface area (Å²) in [6.45, 7) is 7.08. The van der Waals surface area contributed by atoms with Crippen molar-refractivity contribution in [1.29, 1.82) is 0 Å². The Balaban J connectivity index is 4.55. The van der Waals surface area contributed by atoms with Crippen molar-refractivity contribution in [3.63, 3.8) is 0 Å². The van der Waals surface area contributed by atoms with Crippen LogP contribution in [-0.4, -0.2) is 12.3 Å². The summed E-state index contributed by atoms with van der Waals surface area (Å²) >= 11 is 0. The molecular weight excluding hydrogens is 192 g/mol. The molecule has 0 saturated carbocycles. The molecule has 0 spiro atoms. The van der Waals surface area contributed by atoms with Gasteiger partial charge in [-0.15, -0.1) is 0 Å². The zero-order chi connectivity index (χ0) is 12.1. The maximum absolute atomic E-state index is 11.0. The number of carbonyl (C=O) groups excluding carboxylic acids is 2. The molecule has 0 fully saturated rings. The van der Waals surface area contributed by atoms with Gasteiger partial charge >= 0.3 is 0 Å². The summed E-state index contributed by atoms with van der Waals surface area (Å²) in [5.74, 6) is -1.09. The molecule has 1 unspecified atom stereocenters. The maximum Gasteiger partial charge on any atom is 0.125 e. The van der Waals surface area contributed by atoms with E-state index in [2.05, 4.69) is 6.92 Å². The summed E-state index contributed by atoms with van der Waals surface area (Å²) in [7, 11) is 0. The second-order valence-corrected chi connectivity index (χ2v) is 5.22.